The van der Waals surface area contributed by atoms with Crippen LogP contribution in [-0.2, 0) is 22.6 Å². The molecule has 0 heterocycles. The van der Waals surface area contributed by atoms with Crippen LogP contribution in [0.5, 0.6) is 0 Å². The molecule has 2 aromatic rings. The standard InChI is InChI=1S/C23H29ClN2O2/c1-5-20(22(28)25-23(2,3)4)26(16-18-9-7-6-8-10-18)21(27)15-17-11-13-19(24)14-12-17/h6-14,20H,5,15-16H2,1-4H3,(H,25,28). The van der Waals surface area contributed by atoms with Crippen LogP contribution in [0.15, 0.2) is 54.6 Å². The van der Waals surface area contributed by atoms with Crippen LogP contribution in [-0.4, -0.2) is 28.3 Å². The molecule has 2 amide bonds. The Morgan fingerprint density at radius 3 is 2.14 bits per heavy atom. The van der Waals surface area contributed by atoms with E-state index in [-0.39, 0.29) is 23.8 Å². The number of rotatable bonds is 7. The van der Waals surface area contributed by atoms with Crippen molar-refractivity contribution in [3.05, 3.63) is 70.7 Å². The minimum atomic E-state index is -0.528. The molecular weight excluding hydrogens is 372 g/mol. The number of amides is 2. The minimum Gasteiger partial charge on any atom is -0.350 e. The number of hydrogen-bond acceptors (Lipinski definition) is 2. The molecule has 0 aromatic heterocycles. The van der Waals surface area contributed by atoms with Gasteiger partial charge in [-0.1, -0.05) is 61.0 Å². The van der Waals surface area contributed by atoms with E-state index in [0.717, 1.165) is 11.1 Å². The van der Waals surface area contributed by atoms with Crippen LogP contribution in [0.2, 0.25) is 5.02 Å². The molecule has 0 bridgehead atoms. The molecule has 0 saturated heterocycles. The third kappa shape index (κ3) is 6.68. The van der Waals surface area contributed by atoms with Gasteiger partial charge in [-0.05, 0) is 50.5 Å². The van der Waals surface area contributed by atoms with E-state index >= 15 is 0 Å². The normalized spacial score (nSPS) is 12.3. The van der Waals surface area contributed by atoms with Gasteiger partial charge in [0.1, 0.15) is 6.04 Å². The van der Waals surface area contributed by atoms with Gasteiger partial charge >= 0.3 is 0 Å². The summed E-state index contributed by atoms with van der Waals surface area (Å²) in [6.07, 6.45) is 0.768. The fraction of sp³-hybridized carbons (Fsp3) is 0.391. The Morgan fingerprint density at radius 1 is 1.00 bits per heavy atom. The zero-order chi connectivity index (χ0) is 20.7. The maximum Gasteiger partial charge on any atom is 0.243 e. The Balaban J connectivity index is 2.27. The molecule has 28 heavy (non-hydrogen) atoms. The van der Waals surface area contributed by atoms with Crippen LogP contribution < -0.4 is 5.32 Å². The van der Waals surface area contributed by atoms with Crippen molar-refractivity contribution in [2.75, 3.05) is 0 Å². The zero-order valence-electron chi connectivity index (χ0n) is 17.0. The molecule has 0 fully saturated rings. The first-order valence-electron chi connectivity index (χ1n) is 9.59. The molecule has 1 atom stereocenters. The van der Waals surface area contributed by atoms with Gasteiger partial charge in [-0.15, -0.1) is 0 Å². The lowest BCUT2D eigenvalue weighted by Crippen LogP contribution is -2.53. The van der Waals surface area contributed by atoms with Gasteiger partial charge in [-0.2, -0.15) is 0 Å². The predicted octanol–water partition coefficient (Wildman–Crippen LogP) is 4.60. The molecule has 4 nitrogen and oxygen atoms in total. The number of hydrogen-bond donors (Lipinski definition) is 1. The highest BCUT2D eigenvalue weighted by atomic mass is 35.5. The molecule has 2 rings (SSSR count). The first-order valence-corrected chi connectivity index (χ1v) is 9.97. The maximum atomic E-state index is 13.2. The molecule has 0 saturated carbocycles. The summed E-state index contributed by atoms with van der Waals surface area (Å²) in [5.41, 5.74) is 1.51. The summed E-state index contributed by atoms with van der Waals surface area (Å²) in [6.45, 7) is 8.14. The van der Waals surface area contributed by atoms with Crippen molar-refractivity contribution in [3.63, 3.8) is 0 Å². The Morgan fingerprint density at radius 2 is 1.61 bits per heavy atom. The van der Waals surface area contributed by atoms with Crippen LogP contribution in [0.4, 0.5) is 0 Å². The molecule has 0 spiro atoms. The molecule has 0 aliphatic carbocycles. The zero-order valence-corrected chi connectivity index (χ0v) is 17.8. The second-order valence-electron chi connectivity index (χ2n) is 7.97. The van der Waals surface area contributed by atoms with Crippen LogP contribution in [0, 0.1) is 0 Å². The van der Waals surface area contributed by atoms with Crippen LogP contribution in [0.3, 0.4) is 0 Å². The molecule has 0 aliphatic heterocycles. The number of nitrogens with one attached hydrogen (secondary N) is 1. The Hall–Kier alpha value is -2.33. The van der Waals surface area contributed by atoms with Crippen molar-refractivity contribution < 1.29 is 9.59 Å². The Labute approximate surface area is 172 Å². The van der Waals surface area contributed by atoms with Crippen molar-refractivity contribution in [2.24, 2.45) is 0 Å². The summed E-state index contributed by atoms with van der Waals surface area (Å²) >= 11 is 5.95. The molecule has 1 N–H and O–H groups in total. The van der Waals surface area contributed by atoms with E-state index in [4.69, 9.17) is 11.6 Å². The fourth-order valence-corrected chi connectivity index (χ4v) is 3.16. The van der Waals surface area contributed by atoms with Gasteiger partial charge in [0, 0.05) is 17.1 Å². The lowest BCUT2D eigenvalue weighted by Gasteiger charge is -2.33. The van der Waals surface area contributed by atoms with Gasteiger partial charge in [0.2, 0.25) is 11.8 Å². The quantitative estimate of drug-likeness (QED) is 0.738. The Kier molecular flexibility index (Phi) is 7.64. The lowest BCUT2D eigenvalue weighted by atomic mass is 10.0. The maximum absolute atomic E-state index is 13.2. The second kappa shape index (κ2) is 9.74. The van der Waals surface area contributed by atoms with Crippen LogP contribution >= 0.6 is 11.6 Å². The minimum absolute atomic E-state index is 0.0814. The summed E-state index contributed by atoms with van der Waals surface area (Å²) in [5, 5.41) is 3.65. The van der Waals surface area contributed by atoms with E-state index in [9.17, 15) is 9.59 Å². The highest BCUT2D eigenvalue weighted by molar-refractivity contribution is 6.30. The monoisotopic (exact) mass is 400 g/mol. The first-order chi connectivity index (χ1) is 13.2. The highest BCUT2D eigenvalue weighted by Gasteiger charge is 2.30. The lowest BCUT2D eigenvalue weighted by molar-refractivity contribution is -0.141. The van der Waals surface area contributed by atoms with E-state index in [1.807, 2.05) is 70.2 Å². The number of benzene rings is 2. The van der Waals surface area contributed by atoms with Crippen LogP contribution in [0.1, 0.15) is 45.2 Å². The van der Waals surface area contributed by atoms with Gasteiger partial charge in [0.15, 0.2) is 0 Å². The third-order valence-corrected chi connectivity index (χ3v) is 4.60. The molecule has 1 unspecified atom stereocenters. The average molecular weight is 401 g/mol. The first kappa shape index (κ1) is 22.0. The average Bonchev–Trinajstić information content (AvgIpc) is 2.63. The van der Waals surface area contributed by atoms with Gasteiger partial charge in [0.25, 0.3) is 0 Å². The van der Waals surface area contributed by atoms with Gasteiger partial charge < -0.3 is 10.2 Å². The van der Waals surface area contributed by atoms with Crippen molar-refractivity contribution in [3.8, 4) is 0 Å². The van der Waals surface area contributed by atoms with E-state index in [1.165, 1.54) is 0 Å². The van der Waals surface area contributed by atoms with Gasteiger partial charge in [0.05, 0.1) is 6.42 Å². The fourth-order valence-electron chi connectivity index (χ4n) is 3.03. The molecule has 5 heteroatoms. The van der Waals surface area contributed by atoms with Crippen molar-refractivity contribution in [1.82, 2.24) is 10.2 Å². The molecule has 150 valence electrons. The molecule has 2 aromatic carbocycles. The van der Waals surface area contributed by atoms with Crippen molar-refractivity contribution in [1.29, 1.82) is 0 Å². The smallest absolute Gasteiger partial charge is 0.243 e. The Bertz CT molecular complexity index is 782. The number of carbonyl (C=O) groups excluding carboxylic acids is 2. The third-order valence-electron chi connectivity index (χ3n) is 4.35. The molecule has 0 aliphatic rings. The summed E-state index contributed by atoms with van der Waals surface area (Å²) in [4.78, 5) is 27.8. The van der Waals surface area contributed by atoms with E-state index in [0.29, 0.717) is 18.0 Å². The summed E-state index contributed by atoms with van der Waals surface area (Å²) in [5.74, 6) is -0.211. The number of carbonyl (C=O) groups is 2. The van der Waals surface area contributed by atoms with Crippen LogP contribution in [0.25, 0.3) is 0 Å². The largest absolute Gasteiger partial charge is 0.350 e. The molecular formula is C23H29ClN2O2. The second-order valence-corrected chi connectivity index (χ2v) is 8.41. The number of halogens is 1. The topological polar surface area (TPSA) is 49.4 Å². The summed E-state index contributed by atoms with van der Waals surface area (Å²) < 4.78 is 0. The highest BCUT2D eigenvalue weighted by Crippen LogP contribution is 2.17. The van der Waals surface area contributed by atoms with Gasteiger partial charge in [-0.25, -0.2) is 0 Å². The summed E-state index contributed by atoms with van der Waals surface area (Å²) in [6, 6.07) is 16.5. The van der Waals surface area contributed by atoms with Gasteiger partial charge in [-0.3, -0.25) is 9.59 Å². The SMILES string of the molecule is CCC(C(=O)NC(C)(C)C)N(Cc1ccccc1)C(=O)Cc1ccc(Cl)cc1. The van der Waals surface area contributed by atoms with Crippen molar-refractivity contribution >= 4 is 23.4 Å². The van der Waals surface area contributed by atoms with E-state index < -0.39 is 6.04 Å². The van der Waals surface area contributed by atoms with Crippen molar-refractivity contribution in [2.45, 2.75) is 58.7 Å². The molecule has 0 radical (unpaired) electrons. The van der Waals surface area contributed by atoms with E-state index in [2.05, 4.69) is 5.32 Å². The summed E-state index contributed by atoms with van der Waals surface area (Å²) in [7, 11) is 0. The number of nitrogens with zero attached hydrogens (tertiary/aromatic N) is 1. The van der Waals surface area contributed by atoms with E-state index in [1.54, 1.807) is 17.0 Å². The predicted molar refractivity (Wildman–Crippen MR) is 114 cm³/mol.